The van der Waals surface area contributed by atoms with Gasteiger partial charge in [-0.15, -0.1) is 10.2 Å². The summed E-state index contributed by atoms with van der Waals surface area (Å²) in [4.78, 5) is 13.3. The van der Waals surface area contributed by atoms with E-state index in [0.29, 0.717) is 5.56 Å². The second kappa shape index (κ2) is 9.28. The number of aryl methyl sites for hydroxylation is 1. The third-order valence-corrected chi connectivity index (χ3v) is 6.45. The fourth-order valence-corrected chi connectivity index (χ4v) is 4.70. The third kappa shape index (κ3) is 4.41. The first-order chi connectivity index (χ1) is 15.0. The first-order valence-corrected chi connectivity index (χ1v) is 12.2. The van der Waals surface area contributed by atoms with Gasteiger partial charge in [0.25, 0.3) is 5.91 Å². The van der Waals surface area contributed by atoms with Crippen LogP contribution in [0.25, 0.3) is 11.3 Å². The van der Waals surface area contributed by atoms with Crippen molar-refractivity contribution in [3.63, 3.8) is 0 Å². The molecule has 0 radical (unpaired) electrons. The van der Waals surface area contributed by atoms with Gasteiger partial charge in [-0.3, -0.25) is 9.20 Å². The van der Waals surface area contributed by atoms with Crippen LogP contribution in [0.2, 0.25) is 0 Å². The zero-order chi connectivity index (χ0) is 22.0. The normalized spacial score (nSPS) is 12.3. The van der Waals surface area contributed by atoms with Crippen molar-refractivity contribution in [1.29, 1.82) is 0 Å². The number of hydrogen-bond donors (Lipinski definition) is 1. The molecule has 1 unspecified atom stereocenters. The average Bonchev–Trinajstić information content (AvgIpc) is 3.31. The minimum absolute atomic E-state index is 0.104. The van der Waals surface area contributed by atoms with Gasteiger partial charge in [-0.2, -0.15) is 11.8 Å². The van der Waals surface area contributed by atoms with Crippen molar-refractivity contribution in [2.45, 2.75) is 26.3 Å². The summed E-state index contributed by atoms with van der Waals surface area (Å²) >= 11 is 5.28. The highest BCUT2D eigenvalue weighted by molar-refractivity contribution is 9.10. The topological polar surface area (TPSA) is 64.2 Å². The number of fused-ring (bicyclic) bond motifs is 1. The van der Waals surface area contributed by atoms with Gasteiger partial charge in [0.1, 0.15) is 0 Å². The lowest BCUT2D eigenvalue weighted by molar-refractivity contribution is 0.0933. The molecular formula is C23H24BrN5OS. The van der Waals surface area contributed by atoms with Crippen molar-refractivity contribution in [1.82, 2.24) is 24.5 Å². The van der Waals surface area contributed by atoms with E-state index in [4.69, 9.17) is 0 Å². The molecule has 3 heterocycles. The lowest BCUT2D eigenvalue weighted by atomic mass is 10.1. The lowest BCUT2D eigenvalue weighted by Crippen LogP contribution is -2.30. The first-order valence-electron chi connectivity index (χ1n) is 10.0. The summed E-state index contributed by atoms with van der Waals surface area (Å²) in [6.45, 7) is 3.99. The number of carbonyl (C=O) groups excluding carboxylic acids is 1. The van der Waals surface area contributed by atoms with Crippen LogP contribution >= 0.6 is 27.7 Å². The predicted octanol–water partition coefficient (Wildman–Crippen LogP) is 5.12. The van der Waals surface area contributed by atoms with Crippen molar-refractivity contribution >= 4 is 39.2 Å². The Hall–Kier alpha value is -2.58. The van der Waals surface area contributed by atoms with Gasteiger partial charge in [0.2, 0.25) is 0 Å². The summed E-state index contributed by atoms with van der Waals surface area (Å²) in [6.07, 6.45) is 4.77. The molecule has 4 aromatic rings. The van der Waals surface area contributed by atoms with Crippen LogP contribution in [0.4, 0.5) is 0 Å². The van der Waals surface area contributed by atoms with Crippen molar-refractivity contribution in [3.05, 3.63) is 82.0 Å². The molecule has 3 aromatic heterocycles. The van der Waals surface area contributed by atoms with Crippen molar-refractivity contribution in [3.8, 4) is 5.69 Å². The monoisotopic (exact) mass is 497 g/mol. The molecule has 31 heavy (non-hydrogen) atoms. The Labute approximate surface area is 194 Å². The van der Waals surface area contributed by atoms with Crippen LogP contribution < -0.4 is 5.32 Å². The second-order valence-electron chi connectivity index (χ2n) is 7.39. The Bertz CT molecular complexity index is 1230. The maximum absolute atomic E-state index is 13.3. The lowest BCUT2D eigenvalue weighted by Gasteiger charge is -2.17. The maximum Gasteiger partial charge on any atom is 0.253 e. The summed E-state index contributed by atoms with van der Waals surface area (Å²) in [7, 11) is 0. The molecule has 1 aromatic carbocycles. The molecule has 8 heteroatoms. The number of nitrogens with one attached hydrogen (secondary N) is 1. The number of amides is 1. The summed E-state index contributed by atoms with van der Waals surface area (Å²) in [5.41, 5.74) is 4.37. The standard InChI is InChI=1S/C23H24BrN5OS/c1-15-13-19(16(2)29(15)18-8-6-7-17(24)14-18)23(30)25-20(10-12-31-3)22-27-26-21-9-4-5-11-28(21)22/h4-9,11,13-14,20H,10,12H2,1-3H3,(H,25,30). The maximum atomic E-state index is 13.3. The molecule has 0 bridgehead atoms. The van der Waals surface area contributed by atoms with Crippen LogP contribution in [0.5, 0.6) is 0 Å². The van der Waals surface area contributed by atoms with Crippen LogP contribution in [0.15, 0.2) is 59.2 Å². The highest BCUT2D eigenvalue weighted by Gasteiger charge is 2.23. The minimum atomic E-state index is -0.230. The first kappa shape index (κ1) is 21.6. The zero-order valence-corrected chi connectivity index (χ0v) is 20.1. The van der Waals surface area contributed by atoms with E-state index in [2.05, 4.69) is 42.3 Å². The van der Waals surface area contributed by atoms with Crippen molar-refractivity contribution in [2.24, 2.45) is 0 Å². The summed E-state index contributed by atoms with van der Waals surface area (Å²) in [6, 6.07) is 15.6. The van der Waals surface area contributed by atoms with E-state index >= 15 is 0 Å². The average molecular weight is 498 g/mol. The SMILES string of the molecule is CSCCC(NC(=O)c1cc(C)n(-c2cccc(Br)c2)c1C)c1nnc2ccccn12. The Morgan fingerprint density at radius 3 is 2.77 bits per heavy atom. The Morgan fingerprint density at radius 2 is 2.00 bits per heavy atom. The van der Waals surface area contributed by atoms with E-state index in [9.17, 15) is 4.79 Å². The van der Waals surface area contributed by atoms with Gasteiger partial charge in [-0.05, 0) is 68.7 Å². The van der Waals surface area contributed by atoms with E-state index in [0.717, 1.165) is 45.2 Å². The number of hydrogen-bond acceptors (Lipinski definition) is 4. The number of thioether (sulfide) groups is 1. The molecule has 160 valence electrons. The van der Waals surface area contributed by atoms with Crippen LogP contribution in [-0.4, -0.2) is 37.1 Å². The molecule has 0 spiro atoms. The largest absolute Gasteiger partial charge is 0.342 e. The van der Waals surface area contributed by atoms with E-state index in [1.807, 2.05) is 73.0 Å². The molecule has 0 saturated heterocycles. The van der Waals surface area contributed by atoms with Gasteiger partial charge in [0, 0.05) is 27.7 Å². The molecule has 1 N–H and O–H groups in total. The number of aromatic nitrogens is 4. The van der Waals surface area contributed by atoms with E-state index < -0.39 is 0 Å². The highest BCUT2D eigenvalue weighted by Crippen LogP contribution is 2.25. The summed E-state index contributed by atoms with van der Waals surface area (Å²) in [5, 5.41) is 11.8. The summed E-state index contributed by atoms with van der Waals surface area (Å²) < 4.78 is 5.04. The molecule has 6 nitrogen and oxygen atoms in total. The zero-order valence-electron chi connectivity index (χ0n) is 17.7. The van der Waals surface area contributed by atoms with Crippen LogP contribution in [0, 0.1) is 13.8 Å². The van der Waals surface area contributed by atoms with Crippen LogP contribution in [0.3, 0.4) is 0 Å². The van der Waals surface area contributed by atoms with Crippen molar-refractivity contribution < 1.29 is 4.79 Å². The fraction of sp³-hybridized carbons (Fsp3) is 0.261. The van der Waals surface area contributed by atoms with E-state index in [-0.39, 0.29) is 11.9 Å². The molecule has 0 fully saturated rings. The quantitative estimate of drug-likeness (QED) is 0.384. The highest BCUT2D eigenvalue weighted by atomic mass is 79.9. The second-order valence-corrected chi connectivity index (χ2v) is 9.30. The number of halogens is 1. The number of benzene rings is 1. The molecule has 0 aliphatic heterocycles. The predicted molar refractivity (Wildman–Crippen MR) is 129 cm³/mol. The van der Waals surface area contributed by atoms with Gasteiger partial charge in [-0.25, -0.2) is 0 Å². The minimum Gasteiger partial charge on any atom is -0.342 e. The Morgan fingerprint density at radius 1 is 1.16 bits per heavy atom. The van der Waals surface area contributed by atoms with Gasteiger partial charge < -0.3 is 9.88 Å². The third-order valence-electron chi connectivity index (χ3n) is 5.31. The van der Waals surface area contributed by atoms with Gasteiger partial charge >= 0.3 is 0 Å². The Kier molecular flexibility index (Phi) is 6.48. The molecule has 1 atom stereocenters. The number of nitrogens with zero attached hydrogens (tertiary/aromatic N) is 4. The summed E-state index contributed by atoms with van der Waals surface area (Å²) in [5.74, 6) is 1.55. The van der Waals surface area contributed by atoms with E-state index in [1.54, 1.807) is 11.8 Å². The van der Waals surface area contributed by atoms with Crippen LogP contribution in [0.1, 0.15) is 40.0 Å². The van der Waals surface area contributed by atoms with Gasteiger partial charge in [-0.1, -0.05) is 28.1 Å². The van der Waals surface area contributed by atoms with Crippen molar-refractivity contribution in [2.75, 3.05) is 12.0 Å². The Balaban J connectivity index is 1.66. The fourth-order valence-electron chi connectivity index (χ4n) is 3.84. The molecule has 4 rings (SSSR count). The number of rotatable bonds is 7. The van der Waals surface area contributed by atoms with Gasteiger partial charge in [0.15, 0.2) is 11.5 Å². The molecule has 0 saturated carbocycles. The van der Waals surface area contributed by atoms with E-state index in [1.165, 1.54) is 0 Å². The number of pyridine rings is 1. The number of carbonyl (C=O) groups is 1. The smallest absolute Gasteiger partial charge is 0.253 e. The van der Waals surface area contributed by atoms with Crippen LogP contribution in [-0.2, 0) is 0 Å². The molecule has 0 aliphatic carbocycles. The van der Waals surface area contributed by atoms with Gasteiger partial charge in [0.05, 0.1) is 11.6 Å². The molecular weight excluding hydrogens is 474 g/mol. The molecule has 1 amide bonds. The molecule has 0 aliphatic rings.